The van der Waals surface area contributed by atoms with Crippen molar-refractivity contribution in [3.8, 4) is 6.07 Å². The molecule has 1 heterocycles. The summed E-state index contributed by atoms with van der Waals surface area (Å²) in [5.74, 6) is -0.101. The van der Waals surface area contributed by atoms with E-state index in [2.05, 4.69) is 16.3 Å². The highest BCUT2D eigenvalue weighted by atomic mass is 16.1. The highest BCUT2D eigenvalue weighted by Gasteiger charge is 2.16. The van der Waals surface area contributed by atoms with Crippen LogP contribution in [0.4, 0.5) is 5.69 Å². The summed E-state index contributed by atoms with van der Waals surface area (Å²) in [7, 11) is 0. The van der Waals surface area contributed by atoms with Crippen LogP contribution in [0.3, 0.4) is 0 Å². The van der Waals surface area contributed by atoms with E-state index in [9.17, 15) is 9.59 Å². The van der Waals surface area contributed by atoms with Crippen LogP contribution in [0, 0.1) is 11.3 Å². The van der Waals surface area contributed by atoms with E-state index in [4.69, 9.17) is 5.26 Å². The summed E-state index contributed by atoms with van der Waals surface area (Å²) >= 11 is 0. The number of anilines is 1. The lowest BCUT2D eigenvalue weighted by molar-refractivity contribution is -0.120. The van der Waals surface area contributed by atoms with Gasteiger partial charge >= 0.3 is 0 Å². The summed E-state index contributed by atoms with van der Waals surface area (Å²) in [5, 5.41) is 11.7. The first kappa shape index (κ1) is 15.0. The van der Waals surface area contributed by atoms with Crippen molar-refractivity contribution in [3.63, 3.8) is 0 Å². The molecular formula is C15H18N4O2. The maximum Gasteiger partial charge on any atom is 0.225 e. The Morgan fingerprint density at radius 2 is 2.00 bits per heavy atom. The molecule has 0 aromatic heterocycles. The van der Waals surface area contributed by atoms with E-state index in [1.54, 1.807) is 29.2 Å². The fourth-order valence-electron chi connectivity index (χ4n) is 2.25. The fourth-order valence-corrected chi connectivity index (χ4v) is 2.25. The molecule has 0 radical (unpaired) electrons. The molecule has 6 nitrogen and oxygen atoms in total. The normalized spacial score (nSPS) is 15.3. The van der Waals surface area contributed by atoms with Gasteiger partial charge in [-0.15, -0.1) is 0 Å². The Kier molecular flexibility index (Phi) is 5.29. The largest absolute Gasteiger partial charge is 0.343 e. The summed E-state index contributed by atoms with van der Waals surface area (Å²) in [6, 6.07) is 9.00. The fraction of sp³-hybridized carbons (Fsp3) is 0.400. The van der Waals surface area contributed by atoms with Crippen molar-refractivity contribution < 1.29 is 9.59 Å². The molecule has 21 heavy (non-hydrogen) atoms. The average Bonchev–Trinajstić information content (AvgIpc) is 2.54. The highest BCUT2D eigenvalue weighted by Crippen LogP contribution is 2.13. The van der Waals surface area contributed by atoms with E-state index in [-0.39, 0.29) is 5.91 Å². The smallest absolute Gasteiger partial charge is 0.225 e. The molecule has 1 N–H and O–H groups in total. The average molecular weight is 286 g/mol. The zero-order valence-electron chi connectivity index (χ0n) is 11.8. The molecule has 0 saturated carbocycles. The van der Waals surface area contributed by atoms with Crippen molar-refractivity contribution in [2.24, 2.45) is 0 Å². The van der Waals surface area contributed by atoms with Crippen molar-refractivity contribution in [2.45, 2.75) is 6.42 Å². The summed E-state index contributed by atoms with van der Waals surface area (Å²) in [6.45, 7) is 3.67. The number of hydrogen-bond donors (Lipinski definition) is 1. The van der Waals surface area contributed by atoms with Gasteiger partial charge in [-0.1, -0.05) is 12.1 Å². The van der Waals surface area contributed by atoms with Gasteiger partial charge in [-0.25, -0.2) is 0 Å². The molecular weight excluding hydrogens is 268 g/mol. The van der Waals surface area contributed by atoms with E-state index in [0.717, 1.165) is 19.5 Å². The van der Waals surface area contributed by atoms with Gasteiger partial charge in [0.25, 0.3) is 0 Å². The van der Waals surface area contributed by atoms with Gasteiger partial charge < -0.3 is 10.2 Å². The number of nitrogens with one attached hydrogen (secondary N) is 1. The molecule has 0 atom stereocenters. The van der Waals surface area contributed by atoms with E-state index in [0.29, 0.717) is 37.3 Å². The van der Waals surface area contributed by atoms with Crippen molar-refractivity contribution >= 4 is 18.0 Å². The van der Waals surface area contributed by atoms with Gasteiger partial charge in [-0.05, 0) is 12.1 Å². The van der Waals surface area contributed by atoms with Gasteiger partial charge in [0.1, 0.15) is 6.07 Å². The lowest BCUT2D eigenvalue weighted by Crippen LogP contribution is -2.46. The van der Waals surface area contributed by atoms with Crippen molar-refractivity contribution in [1.82, 2.24) is 9.80 Å². The van der Waals surface area contributed by atoms with Crippen LogP contribution in [0.1, 0.15) is 12.0 Å². The molecule has 1 aromatic rings. The monoisotopic (exact) mass is 286 g/mol. The molecule has 0 spiro atoms. The van der Waals surface area contributed by atoms with Crippen molar-refractivity contribution in [3.05, 3.63) is 29.8 Å². The van der Waals surface area contributed by atoms with E-state index < -0.39 is 0 Å². The number of piperazine rings is 1. The maximum absolute atomic E-state index is 11.9. The molecule has 1 aliphatic heterocycles. The van der Waals surface area contributed by atoms with Crippen LogP contribution in [0.25, 0.3) is 0 Å². The number of amides is 2. The van der Waals surface area contributed by atoms with Crippen molar-refractivity contribution in [2.75, 3.05) is 38.0 Å². The van der Waals surface area contributed by atoms with E-state index in [1.165, 1.54) is 0 Å². The van der Waals surface area contributed by atoms with Gasteiger partial charge in [0, 0.05) is 39.1 Å². The molecule has 110 valence electrons. The van der Waals surface area contributed by atoms with Crippen LogP contribution in [0.15, 0.2) is 24.3 Å². The first-order chi connectivity index (χ1) is 10.2. The number of carbonyl (C=O) groups excluding carboxylic acids is 2. The van der Waals surface area contributed by atoms with Crippen LogP contribution >= 0.6 is 0 Å². The number of hydrogen-bond acceptors (Lipinski definition) is 4. The highest BCUT2D eigenvalue weighted by molar-refractivity contribution is 5.92. The Morgan fingerprint density at radius 1 is 1.29 bits per heavy atom. The third kappa shape index (κ3) is 4.29. The third-order valence-electron chi connectivity index (χ3n) is 3.53. The molecule has 2 amide bonds. The van der Waals surface area contributed by atoms with E-state index in [1.807, 2.05) is 0 Å². The minimum Gasteiger partial charge on any atom is -0.343 e. The molecule has 0 bridgehead atoms. The molecule has 1 saturated heterocycles. The molecule has 2 rings (SSSR count). The Morgan fingerprint density at radius 3 is 2.67 bits per heavy atom. The Hall–Kier alpha value is -2.39. The minimum absolute atomic E-state index is 0.101. The Bertz CT molecular complexity index is 545. The topological polar surface area (TPSA) is 76.4 Å². The first-order valence-electron chi connectivity index (χ1n) is 6.93. The third-order valence-corrected chi connectivity index (χ3v) is 3.53. The number of rotatable bonds is 5. The van der Waals surface area contributed by atoms with Gasteiger partial charge in [0.2, 0.25) is 12.3 Å². The second-order valence-electron chi connectivity index (χ2n) is 4.94. The summed E-state index contributed by atoms with van der Waals surface area (Å²) in [4.78, 5) is 26.4. The zero-order valence-corrected chi connectivity index (χ0v) is 11.8. The molecule has 0 aliphatic carbocycles. The van der Waals surface area contributed by atoms with Crippen LogP contribution in [0.2, 0.25) is 0 Å². The van der Waals surface area contributed by atoms with Crippen LogP contribution in [0.5, 0.6) is 0 Å². The number of nitriles is 1. The number of carbonyl (C=O) groups is 2. The Labute approximate surface area is 123 Å². The molecule has 1 aliphatic rings. The van der Waals surface area contributed by atoms with E-state index >= 15 is 0 Å². The summed E-state index contributed by atoms with van der Waals surface area (Å²) in [5.41, 5.74) is 1.02. The number of nitrogens with zero attached hydrogens (tertiary/aromatic N) is 3. The van der Waals surface area contributed by atoms with Gasteiger partial charge in [0.15, 0.2) is 0 Å². The van der Waals surface area contributed by atoms with Crippen LogP contribution in [-0.4, -0.2) is 54.8 Å². The number of benzene rings is 1. The second kappa shape index (κ2) is 7.41. The lowest BCUT2D eigenvalue weighted by atomic mass is 10.2. The summed E-state index contributed by atoms with van der Waals surface area (Å²) in [6.07, 6.45) is 1.24. The number of para-hydroxylation sites is 1. The van der Waals surface area contributed by atoms with Crippen molar-refractivity contribution in [1.29, 1.82) is 5.26 Å². The SMILES string of the molecule is N#Cc1ccccc1NC(=O)CCN1CCN(C=O)CC1. The predicted octanol–water partition coefficient (Wildman–Crippen LogP) is 0.661. The first-order valence-corrected chi connectivity index (χ1v) is 6.93. The second-order valence-corrected chi connectivity index (χ2v) is 4.94. The lowest BCUT2D eigenvalue weighted by Gasteiger charge is -2.32. The standard InChI is InChI=1S/C15H18N4O2/c16-11-13-3-1-2-4-14(13)17-15(21)5-6-18-7-9-19(12-20)10-8-18/h1-4,12H,5-10H2,(H,17,21). The summed E-state index contributed by atoms with van der Waals surface area (Å²) < 4.78 is 0. The molecule has 6 heteroatoms. The van der Waals surface area contributed by atoms with Gasteiger partial charge in [0.05, 0.1) is 11.3 Å². The van der Waals surface area contributed by atoms with Crippen LogP contribution < -0.4 is 5.32 Å². The Balaban J connectivity index is 1.78. The van der Waals surface area contributed by atoms with Gasteiger partial charge in [-0.2, -0.15) is 5.26 Å². The van der Waals surface area contributed by atoms with Crippen LogP contribution in [-0.2, 0) is 9.59 Å². The quantitative estimate of drug-likeness (QED) is 0.807. The minimum atomic E-state index is -0.101. The molecule has 1 aromatic carbocycles. The molecule has 0 unspecified atom stereocenters. The maximum atomic E-state index is 11.9. The predicted molar refractivity (Wildman–Crippen MR) is 78.5 cm³/mol. The molecule has 1 fully saturated rings. The zero-order chi connectivity index (χ0) is 15.1. The van der Waals surface area contributed by atoms with Gasteiger partial charge in [-0.3, -0.25) is 14.5 Å².